The molecular formula is C22H15N3O7. The first-order chi connectivity index (χ1) is 15.5. The molecule has 0 atom stereocenters. The van der Waals surface area contributed by atoms with Crippen LogP contribution in [0.3, 0.4) is 0 Å². The molecule has 160 valence electrons. The molecule has 0 saturated carbocycles. The zero-order valence-corrected chi connectivity index (χ0v) is 16.4. The standard InChI is InChI=1S/C22H15N3O7/c26-21(14-5-2-1-3-6-14)24-23-12-16-7-4-8-17(25(28)29)20(16)32-22(27)15-9-10-18-19(11-15)31-13-30-18/h1-12H,13H2,(H,24,26)/b23-12-. The molecule has 0 unspecified atom stereocenters. The Kier molecular flexibility index (Phi) is 5.75. The Morgan fingerprint density at radius 1 is 1.00 bits per heavy atom. The van der Waals surface area contributed by atoms with E-state index < -0.39 is 22.5 Å². The molecule has 1 N–H and O–H groups in total. The Morgan fingerprint density at radius 3 is 2.56 bits per heavy atom. The molecular weight excluding hydrogens is 418 g/mol. The number of amides is 1. The topological polar surface area (TPSA) is 129 Å². The number of para-hydroxylation sites is 1. The number of fused-ring (bicyclic) bond motifs is 1. The van der Waals surface area contributed by atoms with E-state index in [0.29, 0.717) is 17.1 Å². The third-order valence-corrected chi connectivity index (χ3v) is 4.43. The number of carbonyl (C=O) groups excluding carboxylic acids is 2. The van der Waals surface area contributed by atoms with Gasteiger partial charge in [-0.15, -0.1) is 0 Å². The fourth-order valence-electron chi connectivity index (χ4n) is 2.89. The van der Waals surface area contributed by atoms with Gasteiger partial charge >= 0.3 is 11.7 Å². The molecule has 3 aromatic carbocycles. The third kappa shape index (κ3) is 4.38. The summed E-state index contributed by atoms with van der Waals surface area (Å²) in [6.45, 7) is 0.0350. The molecule has 1 aliphatic heterocycles. The van der Waals surface area contributed by atoms with Crippen molar-refractivity contribution in [2.45, 2.75) is 0 Å². The number of hydrogen-bond acceptors (Lipinski definition) is 8. The van der Waals surface area contributed by atoms with Crippen LogP contribution in [0.1, 0.15) is 26.3 Å². The summed E-state index contributed by atoms with van der Waals surface area (Å²) in [6.07, 6.45) is 1.16. The van der Waals surface area contributed by atoms with Gasteiger partial charge in [0, 0.05) is 17.2 Å². The van der Waals surface area contributed by atoms with Gasteiger partial charge in [0.2, 0.25) is 12.5 Å². The Morgan fingerprint density at radius 2 is 1.78 bits per heavy atom. The van der Waals surface area contributed by atoms with Crippen LogP contribution in [0.5, 0.6) is 17.2 Å². The molecule has 4 rings (SSSR count). The zero-order chi connectivity index (χ0) is 22.5. The fourth-order valence-corrected chi connectivity index (χ4v) is 2.89. The summed E-state index contributed by atoms with van der Waals surface area (Å²) >= 11 is 0. The molecule has 0 aromatic heterocycles. The van der Waals surface area contributed by atoms with E-state index >= 15 is 0 Å². The molecule has 0 saturated heterocycles. The first-order valence-electron chi connectivity index (χ1n) is 9.30. The van der Waals surface area contributed by atoms with Crippen LogP contribution < -0.4 is 19.6 Å². The van der Waals surface area contributed by atoms with Gasteiger partial charge in [0.15, 0.2) is 11.5 Å². The Balaban J connectivity index is 1.57. The first kappa shape index (κ1) is 20.5. The van der Waals surface area contributed by atoms with Crippen molar-refractivity contribution >= 4 is 23.8 Å². The second-order valence-corrected chi connectivity index (χ2v) is 6.48. The smallest absolute Gasteiger partial charge is 0.343 e. The highest BCUT2D eigenvalue weighted by Gasteiger charge is 2.24. The molecule has 1 heterocycles. The summed E-state index contributed by atoms with van der Waals surface area (Å²) in [5.74, 6) is -0.758. The maximum Gasteiger partial charge on any atom is 0.343 e. The molecule has 32 heavy (non-hydrogen) atoms. The van der Waals surface area contributed by atoms with E-state index in [9.17, 15) is 19.7 Å². The number of rotatable bonds is 6. The van der Waals surface area contributed by atoms with Crippen molar-refractivity contribution in [1.29, 1.82) is 0 Å². The van der Waals surface area contributed by atoms with Gasteiger partial charge in [-0.25, -0.2) is 10.2 Å². The number of benzene rings is 3. The van der Waals surface area contributed by atoms with Gasteiger partial charge in [0.25, 0.3) is 5.91 Å². The molecule has 0 fully saturated rings. The van der Waals surface area contributed by atoms with Crippen LogP contribution in [0.2, 0.25) is 0 Å². The number of carbonyl (C=O) groups is 2. The fraction of sp³-hybridized carbons (Fsp3) is 0.0455. The summed E-state index contributed by atoms with van der Waals surface area (Å²) in [4.78, 5) is 35.6. The van der Waals surface area contributed by atoms with Crippen molar-refractivity contribution < 1.29 is 28.7 Å². The molecule has 0 aliphatic carbocycles. The number of nitro benzene ring substituents is 1. The molecule has 10 heteroatoms. The minimum Gasteiger partial charge on any atom is -0.454 e. The predicted molar refractivity (Wildman–Crippen MR) is 112 cm³/mol. The van der Waals surface area contributed by atoms with E-state index in [1.165, 1.54) is 30.3 Å². The average Bonchev–Trinajstić information content (AvgIpc) is 3.28. The van der Waals surface area contributed by atoms with Gasteiger partial charge in [0.05, 0.1) is 16.7 Å². The lowest BCUT2D eigenvalue weighted by Gasteiger charge is -2.08. The van der Waals surface area contributed by atoms with E-state index in [0.717, 1.165) is 6.21 Å². The van der Waals surface area contributed by atoms with E-state index in [1.807, 2.05) is 0 Å². The number of ether oxygens (including phenoxy) is 3. The van der Waals surface area contributed by atoms with Gasteiger partial charge in [-0.3, -0.25) is 14.9 Å². The molecule has 0 spiro atoms. The number of nitro groups is 1. The van der Waals surface area contributed by atoms with Crippen molar-refractivity contribution in [3.63, 3.8) is 0 Å². The maximum atomic E-state index is 12.7. The normalized spacial score (nSPS) is 11.9. The number of hydrogen-bond donors (Lipinski definition) is 1. The van der Waals surface area contributed by atoms with E-state index in [-0.39, 0.29) is 23.7 Å². The largest absolute Gasteiger partial charge is 0.454 e. The molecule has 3 aromatic rings. The van der Waals surface area contributed by atoms with Crippen LogP contribution in [-0.2, 0) is 0 Å². The van der Waals surface area contributed by atoms with Gasteiger partial charge in [-0.2, -0.15) is 5.10 Å². The summed E-state index contributed by atoms with van der Waals surface area (Å²) in [5.41, 5.74) is 2.53. The van der Waals surface area contributed by atoms with Crippen LogP contribution in [0.4, 0.5) is 5.69 Å². The minimum atomic E-state index is -0.833. The summed E-state index contributed by atoms with van der Waals surface area (Å²) in [6, 6.07) is 16.9. The first-order valence-corrected chi connectivity index (χ1v) is 9.30. The Labute approximate surface area is 181 Å². The van der Waals surface area contributed by atoms with Crippen molar-refractivity contribution in [3.8, 4) is 17.2 Å². The molecule has 10 nitrogen and oxygen atoms in total. The molecule has 1 amide bonds. The van der Waals surface area contributed by atoms with Crippen LogP contribution >= 0.6 is 0 Å². The monoisotopic (exact) mass is 433 g/mol. The Hall–Kier alpha value is -4.73. The second kappa shape index (κ2) is 8.96. The van der Waals surface area contributed by atoms with Gasteiger partial charge in [0.1, 0.15) is 0 Å². The van der Waals surface area contributed by atoms with Crippen molar-refractivity contribution in [1.82, 2.24) is 5.43 Å². The average molecular weight is 433 g/mol. The number of esters is 1. The second-order valence-electron chi connectivity index (χ2n) is 6.48. The molecule has 0 bridgehead atoms. The molecule has 1 aliphatic rings. The zero-order valence-electron chi connectivity index (χ0n) is 16.4. The van der Waals surface area contributed by atoms with Crippen molar-refractivity contribution in [3.05, 3.63) is 93.5 Å². The number of nitrogens with one attached hydrogen (secondary N) is 1. The van der Waals surface area contributed by atoms with Gasteiger partial charge in [-0.05, 0) is 36.4 Å². The lowest BCUT2D eigenvalue weighted by atomic mass is 10.1. The Bertz CT molecular complexity index is 1230. The summed E-state index contributed by atoms with van der Waals surface area (Å²) in [7, 11) is 0. The maximum absolute atomic E-state index is 12.7. The van der Waals surface area contributed by atoms with Crippen LogP contribution in [0.25, 0.3) is 0 Å². The minimum absolute atomic E-state index is 0.0350. The van der Waals surface area contributed by atoms with Gasteiger partial charge in [-0.1, -0.05) is 24.3 Å². The third-order valence-electron chi connectivity index (χ3n) is 4.43. The highest BCUT2D eigenvalue weighted by molar-refractivity contribution is 5.96. The van der Waals surface area contributed by atoms with E-state index in [2.05, 4.69) is 10.5 Å². The lowest BCUT2D eigenvalue weighted by Crippen LogP contribution is -2.17. The van der Waals surface area contributed by atoms with Crippen LogP contribution in [-0.4, -0.2) is 29.8 Å². The predicted octanol–water partition coefficient (Wildman–Crippen LogP) is 3.31. The highest BCUT2D eigenvalue weighted by atomic mass is 16.7. The van der Waals surface area contributed by atoms with E-state index in [1.54, 1.807) is 36.4 Å². The molecule has 0 radical (unpaired) electrons. The van der Waals surface area contributed by atoms with Crippen molar-refractivity contribution in [2.24, 2.45) is 5.10 Å². The quantitative estimate of drug-likeness (QED) is 0.208. The van der Waals surface area contributed by atoms with E-state index in [4.69, 9.17) is 14.2 Å². The SMILES string of the molecule is O=C(N/N=C\c1cccc([N+](=O)[O-])c1OC(=O)c1ccc2c(c1)OCO2)c1ccccc1. The number of nitrogens with zero attached hydrogens (tertiary/aromatic N) is 2. The van der Waals surface area contributed by atoms with Gasteiger partial charge < -0.3 is 14.2 Å². The van der Waals surface area contributed by atoms with Crippen LogP contribution in [0.15, 0.2) is 71.8 Å². The summed E-state index contributed by atoms with van der Waals surface area (Å²) in [5, 5.41) is 15.3. The lowest BCUT2D eigenvalue weighted by molar-refractivity contribution is -0.385. The summed E-state index contributed by atoms with van der Waals surface area (Å²) < 4.78 is 15.8. The highest BCUT2D eigenvalue weighted by Crippen LogP contribution is 2.34. The number of hydrazone groups is 1. The van der Waals surface area contributed by atoms with Crippen molar-refractivity contribution in [2.75, 3.05) is 6.79 Å². The van der Waals surface area contributed by atoms with Crippen LogP contribution in [0, 0.1) is 10.1 Å².